The number of amidine groups is 1. The highest BCUT2D eigenvalue weighted by Gasteiger charge is 2.44. The molecule has 10 rings (SSSR count). The molecule has 0 saturated carbocycles. The first kappa shape index (κ1) is 30.1. The third-order valence-corrected chi connectivity index (χ3v) is 10.2. The van der Waals surface area contributed by atoms with Crippen molar-refractivity contribution in [3.8, 4) is 34.2 Å². The molecule has 0 N–H and O–H groups in total. The summed E-state index contributed by atoms with van der Waals surface area (Å²) in [7, 11) is 0. The third-order valence-electron chi connectivity index (χ3n) is 10.2. The molecule has 0 saturated heterocycles. The molecule has 0 amide bonds. The van der Waals surface area contributed by atoms with Gasteiger partial charge in [-0.15, -0.1) is 0 Å². The molecule has 6 aromatic carbocycles. The Balaban J connectivity index is 1.28. The lowest BCUT2D eigenvalue weighted by Crippen LogP contribution is -2.44. The fraction of sp³-hybridized carbons (Fsp3) is 0.0652. The Hall–Kier alpha value is -6.79. The van der Waals surface area contributed by atoms with Crippen LogP contribution in [0, 0.1) is 0 Å². The largest absolute Gasteiger partial charge is 0.316 e. The number of anilines is 1. The first-order valence-corrected chi connectivity index (χ1v) is 17.7. The quantitative estimate of drug-likeness (QED) is 0.177. The van der Waals surface area contributed by atoms with Crippen LogP contribution in [0.3, 0.4) is 0 Å². The maximum Gasteiger partial charge on any atom is 0.145 e. The first-order chi connectivity index (χ1) is 25.6. The highest BCUT2D eigenvalue weighted by Crippen LogP contribution is 2.41. The molecule has 52 heavy (non-hydrogen) atoms. The van der Waals surface area contributed by atoms with E-state index in [-0.39, 0.29) is 6.04 Å². The van der Waals surface area contributed by atoms with Gasteiger partial charge in [0.1, 0.15) is 23.0 Å². The molecule has 3 heterocycles. The number of nitrogens with zero attached hydrogens (tertiary/aromatic N) is 6. The van der Waals surface area contributed by atoms with E-state index in [0.717, 1.165) is 73.3 Å². The minimum absolute atomic E-state index is 0.0183. The summed E-state index contributed by atoms with van der Waals surface area (Å²) in [6, 6.07) is 55.0. The van der Waals surface area contributed by atoms with E-state index in [1.54, 1.807) is 0 Å². The van der Waals surface area contributed by atoms with Crippen molar-refractivity contribution in [2.45, 2.75) is 18.5 Å². The number of hydrogen-bond donors (Lipinski definition) is 0. The van der Waals surface area contributed by atoms with Crippen LogP contribution in [-0.2, 0) is 0 Å². The van der Waals surface area contributed by atoms with E-state index in [2.05, 4.69) is 191 Å². The molecular formula is C46H34N6. The highest BCUT2D eigenvalue weighted by molar-refractivity contribution is 6.14. The van der Waals surface area contributed by atoms with Gasteiger partial charge in [-0.2, -0.15) is 0 Å². The summed E-state index contributed by atoms with van der Waals surface area (Å²) in [6.45, 7) is 2.22. The Bertz CT molecular complexity index is 2570. The molecule has 2 aromatic heterocycles. The zero-order valence-corrected chi connectivity index (χ0v) is 28.6. The van der Waals surface area contributed by atoms with Crippen LogP contribution in [0.15, 0.2) is 187 Å². The number of aliphatic imine (C=N–C) groups is 1. The predicted molar refractivity (Wildman–Crippen MR) is 213 cm³/mol. The monoisotopic (exact) mass is 670 g/mol. The summed E-state index contributed by atoms with van der Waals surface area (Å²) in [6.07, 6.45) is 8.72. The van der Waals surface area contributed by atoms with Gasteiger partial charge in [0.15, 0.2) is 0 Å². The average molecular weight is 671 g/mol. The van der Waals surface area contributed by atoms with Crippen molar-refractivity contribution in [1.82, 2.24) is 19.1 Å². The van der Waals surface area contributed by atoms with Crippen LogP contribution in [0.2, 0.25) is 0 Å². The van der Waals surface area contributed by atoms with Crippen molar-refractivity contribution < 1.29 is 0 Å². The van der Waals surface area contributed by atoms with Crippen molar-refractivity contribution >= 4 is 33.6 Å². The van der Waals surface area contributed by atoms with Gasteiger partial charge >= 0.3 is 0 Å². The highest BCUT2D eigenvalue weighted by atomic mass is 15.3. The van der Waals surface area contributed by atoms with Gasteiger partial charge in [0.05, 0.1) is 28.1 Å². The molecule has 2 unspecified atom stereocenters. The molecule has 248 valence electrons. The summed E-state index contributed by atoms with van der Waals surface area (Å²) in [5.74, 6) is 2.61. The van der Waals surface area contributed by atoms with E-state index in [1.807, 2.05) is 12.1 Å². The van der Waals surface area contributed by atoms with Gasteiger partial charge in [-0.05, 0) is 85.8 Å². The van der Waals surface area contributed by atoms with E-state index in [9.17, 15) is 0 Å². The van der Waals surface area contributed by atoms with Gasteiger partial charge in [0, 0.05) is 33.8 Å². The smallest absolute Gasteiger partial charge is 0.145 e. The lowest BCUT2D eigenvalue weighted by atomic mass is 9.89. The van der Waals surface area contributed by atoms with Crippen molar-refractivity contribution in [1.29, 1.82) is 0 Å². The second kappa shape index (κ2) is 11.9. The maximum absolute atomic E-state index is 5.54. The Kier molecular flexibility index (Phi) is 6.89. The number of para-hydroxylation sites is 7. The van der Waals surface area contributed by atoms with Gasteiger partial charge < -0.3 is 4.90 Å². The van der Waals surface area contributed by atoms with Crippen molar-refractivity contribution in [2.75, 3.05) is 4.90 Å². The lowest BCUT2D eigenvalue weighted by molar-refractivity contribution is 0.549. The van der Waals surface area contributed by atoms with Crippen LogP contribution in [0.1, 0.15) is 12.5 Å². The van der Waals surface area contributed by atoms with Gasteiger partial charge in [-0.3, -0.25) is 14.1 Å². The molecule has 0 fully saturated rings. The number of benzene rings is 6. The van der Waals surface area contributed by atoms with E-state index in [1.165, 1.54) is 0 Å². The number of fused-ring (bicyclic) bond motifs is 3. The van der Waals surface area contributed by atoms with E-state index < -0.39 is 5.54 Å². The minimum atomic E-state index is -0.440. The second-order valence-corrected chi connectivity index (χ2v) is 13.5. The van der Waals surface area contributed by atoms with Crippen LogP contribution in [0.25, 0.3) is 56.2 Å². The number of hydrogen-bond acceptors (Lipinski definition) is 4. The van der Waals surface area contributed by atoms with Crippen LogP contribution in [-0.4, -0.2) is 36.5 Å². The van der Waals surface area contributed by atoms with Gasteiger partial charge in [-0.1, -0.05) is 103 Å². The fourth-order valence-electron chi connectivity index (χ4n) is 7.78. The Morgan fingerprint density at radius 3 is 1.50 bits per heavy atom. The van der Waals surface area contributed by atoms with E-state index in [0.29, 0.717) is 0 Å². The van der Waals surface area contributed by atoms with Crippen LogP contribution >= 0.6 is 0 Å². The SMILES string of the molecule is CC12C=CC=CC1N(c1ccccc1)C(c1cc(-c3nc4ccccc4n3-c3ccccc3)cc(-c3nc4ccccc4n3-c3ccccc3)c1)=N2. The predicted octanol–water partition coefficient (Wildman–Crippen LogP) is 10.2. The fourth-order valence-corrected chi connectivity index (χ4v) is 7.78. The Morgan fingerprint density at radius 2 is 0.962 bits per heavy atom. The average Bonchev–Trinajstić information content (AvgIpc) is 3.88. The van der Waals surface area contributed by atoms with Crippen LogP contribution < -0.4 is 4.90 Å². The molecule has 1 aliphatic carbocycles. The molecule has 6 heteroatoms. The number of imidazole rings is 2. The number of allylic oxidation sites excluding steroid dienone is 2. The van der Waals surface area contributed by atoms with Gasteiger partial charge in [0.2, 0.25) is 0 Å². The minimum Gasteiger partial charge on any atom is -0.316 e. The molecule has 8 aromatic rings. The summed E-state index contributed by atoms with van der Waals surface area (Å²) in [4.78, 5) is 18.5. The van der Waals surface area contributed by atoms with Crippen molar-refractivity contribution in [2.24, 2.45) is 4.99 Å². The standard InChI is InChI=1S/C46H34N6/c1-46-28-16-15-27-42(46)52(37-21-9-4-10-22-37)45(49-46)34-30-32(43-47-38-23-11-13-25-40(38)50(43)35-17-5-2-6-18-35)29-33(31-34)44-48-39-24-12-14-26-41(39)51(44)36-19-7-3-8-20-36/h2-31,42H,1H3. The van der Waals surface area contributed by atoms with E-state index in [4.69, 9.17) is 15.0 Å². The molecule has 1 aliphatic heterocycles. The van der Waals surface area contributed by atoms with Crippen molar-refractivity contribution in [3.63, 3.8) is 0 Å². The Morgan fingerprint density at radius 1 is 0.500 bits per heavy atom. The third kappa shape index (κ3) is 4.83. The maximum atomic E-state index is 5.54. The summed E-state index contributed by atoms with van der Waals surface area (Å²) in [5, 5.41) is 0. The lowest BCUT2D eigenvalue weighted by Gasteiger charge is -2.33. The Labute approximate surface area is 302 Å². The van der Waals surface area contributed by atoms with Crippen molar-refractivity contribution in [3.05, 3.63) is 188 Å². The summed E-state index contributed by atoms with van der Waals surface area (Å²) >= 11 is 0. The first-order valence-electron chi connectivity index (χ1n) is 17.7. The topological polar surface area (TPSA) is 51.2 Å². The molecule has 0 spiro atoms. The van der Waals surface area contributed by atoms with E-state index >= 15 is 0 Å². The van der Waals surface area contributed by atoms with Gasteiger partial charge in [-0.25, -0.2) is 9.97 Å². The second-order valence-electron chi connectivity index (χ2n) is 13.5. The summed E-state index contributed by atoms with van der Waals surface area (Å²) in [5.41, 5.74) is 9.65. The normalized spacial score (nSPS) is 17.9. The summed E-state index contributed by atoms with van der Waals surface area (Å²) < 4.78 is 4.52. The molecule has 0 bridgehead atoms. The number of aromatic nitrogens is 4. The van der Waals surface area contributed by atoms with Gasteiger partial charge in [0.25, 0.3) is 0 Å². The molecular weight excluding hydrogens is 637 g/mol. The molecule has 0 radical (unpaired) electrons. The van der Waals surface area contributed by atoms with Crippen LogP contribution in [0.4, 0.5) is 5.69 Å². The zero-order valence-electron chi connectivity index (χ0n) is 28.6. The molecule has 2 aliphatic rings. The molecule has 2 atom stereocenters. The molecule has 6 nitrogen and oxygen atoms in total. The number of rotatable bonds is 6. The van der Waals surface area contributed by atoms with Crippen LogP contribution in [0.5, 0.6) is 0 Å². The zero-order chi connectivity index (χ0) is 34.6.